The largest absolute Gasteiger partial charge is 0.496 e. The van der Waals surface area contributed by atoms with Gasteiger partial charge in [-0.1, -0.05) is 12.1 Å². The minimum Gasteiger partial charge on any atom is -0.496 e. The summed E-state index contributed by atoms with van der Waals surface area (Å²) < 4.78 is 81.4. The van der Waals surface area contributed by atoms with Crippen LogP contribution in [0, 0.1) is 0 Å². The zero-order valence-electron chi connectivity index (χ0n) is 11.2. The van der Waals surface area contributed by atoms with Gasteiger partial charge in [0.2, 0.25) is 0 Å². The maximum absolute atomic E-state index is 12.8. The van der Waals surface area contributed by atoms with Crippen LogP contribution in [0.1, 0.15) is 11.1 Å². The Morgan fingerprint density at radius 2 is 1.36 bits per heavy atom. The summed E-state index contributed by atoms with van der Waals surface area (Å²) in [6, 6.07) is 6.75. The Bertz CT molecular complexity index is 672. The predicted molar refractivity (Wildman–Crippen MR) is 68.4 cm³/mol. The Hall–Kier alpha value is -2.18. The minimum absolute atomic E-state index is 0.00206. The van der Waals surface area contributed by atoms with Gasteiger partial charge in [0.05, 0.1) is 18.2 Å². The van der Waals surface area contributed by atoms with E-state index in [-0.39, 0.29) is 16.9 Å². The summed E-state index contributed by atoms with van der Waals surface area (Å²) in [4.78, 5) is 0. The molecule has 0 atom stereocenters. The molecule has 0 saturated carbocycles. The van der Waals surface area contributed by atoms with Gasteiger partial charge in [0.15, 0.2) is 0 Å². The van der Waals surface area contributed by atoms with E-state index in [1.54, 1.807) is 0 Å². The summed E-state index contributed by atoms with van der Waals surface area (Å²) in [5, 5.41) is 0. The van der Waals surface area contributed by atoms with Gasteiger partial charge in [-0.25, -0.2) is 0 Å². The van der Waals surface area contributed by atoms with E-state index in [4.69, 9.17) is 4.74 Å². The average Bonchev–Trinajstić information content (AvgIpc) is 2.45. The van der Waals surface area contributed by atoms with Gasteiger partial charge in [-0.2, -0.15) is 26.3 Å². The summed E-state index contributed by atoms with van der Waals surface area (Å²) >= 11 is 0. The third-order valence-corrected chi connectivity index (χ3v) is 3.03. The van der Waals surface area contributed by atoms with Crippen LogP contribution in [0.15, 0.2) is 42.5 Å². The second-order valence-electron chi connectivity index (χ2n) is 4.49. The number of hydrogen-bond acceptors (Lipinski definition) is 1. The molecule has 0 aliphatic carbocycles. The molecular formula is C15H10F6O. The third kappa shape index (κ3) is 3.35. The van der Waals surface area contributed by atoms with Crippen LogP contribution in [0.5, 0.6) is 5.75 Å². The Morgan fingerprint density at radius 3 is 1.91 bits per heavy atom. The van der Waals surface area contributed by atoms with Crippen molar-refractivity contribution in [2.45, 2.75) is 12.4 Å². The molecule has 0 spiro atoms. The van der Waals surface area contributed by atoms with Crippen LogP contribution < -0.4 is 4.74 Å². The lowest BCUT2D eigenvalue weighted by atomic mass is 9.99. The molecule has 0 aliphatic rings. The lowest BCUT2D eigenvalue weighted by molar-refractivity contribution is -0.138. The van der Waals surface area contributed by atoms with Crippen LogP contribution in [0.4, 0.5) is 26.3 Å². The average molecular weight is 320 g/mol. The molecule has 0 heterocycles. The van der Waals surface area contributed by atoms with E-state index in [1.807, 2.05) is 0 Å². The summed E-state index contributed by atoms with van der Waals surface area (Å²) in [7, 11) is 1.24. The second kappa shape index (κ2) is 5.55. The van der Waals surface area contributed by atoms with Crippen molar-refractivity contribution in [1.82, 2.24) is 0 Å². The first-order chi connectivity index (χ1) is 10.1. The Morgan fingerprint density at radius 1 is 0.773 bits per heavy atom. The van der Waals surface area contributed by atoms with Crippen LogP contribution in [0.3, 0.4) is 0 Å². The molecule has 0 amide bonds. The van der Waals surface area contributed by atoms with E-state index in [0.29, 0.717) is 0 Å². The summed E-state index contributed by atoms with van der Waals surface area (Å²) in [6.45, 7) is 0. The Kier molecular flexibility index (Phi) is 4.08. The third-order valence-electron chi connectivity index (χ3n) is 3.03. The predicted octanol–water partition coefficient (Wildman–Crippen LogP) is 5.40. The second-order valence-corrected chi connectivity index (χ2v) is 4.49. The number of ether oxygens (including phenoxy) is 1. The molecular weight excluding hydrogens is 310 g/mol. The molecule has 0 saturated heterocycles. The van der Waals surface area contributed by atoms with Crippen molar-refractivity contribution in [3.05, 3.63) is 53.6 Å². The molecule has 0 fully saturated rings. The first kappa shape index (κ1) is 16.2. The molecule has 0 radical (unpaired) electrons. The van der Waals surface area contributed by atoms with Gasteiger partial charge in [-0.3, -0.25) is 0 Å². The molecule has 0 N–H and O–H groups in total. The molecule has 2 rings (SSSR count). The quantitative estimate of drug-likeness (QED) is 0.673. The first-order valence-corrected chi connectivity index (χ1v) is 6.06. The zero-order chi connectivity index (χ0) is 16.5. The van der Waals surface area contributed by atoms with Gasteiger partial charge in [0.25, 0.3) is 0 Å². The monoisotopic (exact) mass is 320 g/mol. The first-order valence-electron chi connectivity index (χ1n) is 6.06. The van der Waals surface area contributed by atoms with Gasteiger partial charge >= 0.3 is 12.4 Å². The Balaban J connectivity index is 2.60. The van der Waals surface area contributed by atoms with Gasteiger partial charge in [-0.15, -0.1) is 0 Å². The molecule has 2 aromatic rings. The highest BCUT2D eigenvalue weighted by Gasteiger charge is 2.32. The summed E-state index contributed by atoms with van der Waals surface area (Å²) in [5.41, 5.74) is -1.95. The topological polar surface area (TPSA) is 9.23 Å². The maximum atomic E-state index is 12.8. The van der Waals surface area contributed by atoms with E-state index in [1.165, 1.54) is 13.2 Å². The summed E-state index contributed by atoms with van der Waals surface area (Å²) in [5.74, 6) is 0.0623. The molecule has 22 heavy (non-hydrogen) atoms. The van der Waals surface area contributed by atoms with E-state index >= 15 is 0 Å². The number of hydrogen-bond donors (Lipinski definition) is 0. The Labute approximate surface area is 122 Å². The lowest BCUT2D eigenvalue weighted by Crippen LogP contribution is -2.06. The molecule has 1 nitrogen and oxygen atoms in total. The SMILES string of the molecule is COc1ccc(C(F)(F)F)cc1-c1cccc(C(F)(F)F)c1. The van der Waals surface area contributed by atoms with Gasteiger partial charge in [0.1, 0.15) is 5.75 Å². The number of methoxy groups -OCH3 is 1. The van der Waals surface area contributed by atoms with E-state index < -0.39 is 23.5 Å². The van der Waals surface area contributed by atoms with Gasteiger partial charge < -0.3 is 4.74 Å². The zero-order valence-corrected chi connectivity index (χ0v) is 11.2. The number of halogens is 6. The number of alkyl halides is 6. The molecule has 0 bridgehead atoms. The maximum Gasteiger partial charge on any atom is 0.416 e. The van der Waals surface area contributed by atoms with Crippen LogP contribution in [0.25, 0.3) is 11.1 Å². The number of rotatable bonds is 2. The smallest absolute Gasteiger partial charge is 0.416 e. The standard InChI is InChI=1S/C15H10F6O/c1-22-13-6-5-11(15(19,20)21)8-12(13)9-3-2-4-10(7-9)14(16,17)18/h2-8H,1H3. The molecule has 0 unspecified atom stereocenters. The highest BCUT2D eigenvalue weighted by Crippen LogP contribution is 2.39. The van der Waals surface area contributed by atoms with Crippen molar-refractivity contribution < 1.29 is 31.1 Å². The fourth-order valence-electron chi connectivity index (χ4n) is 1.97. The van der Waals surface area contributed by atoms with Crippen molar-refractivity contribution in [2.24, 2.45) is 0 Å². The van der Waals surface area contributed by atoms with Gasteiger partial charge in [-0.05, 0) is 35.9 Å². The van der Waals surface area contributed by atoms with Crippen molar-refractivity contribution in [2.75, 3.05) is 7.11 Å². The molecule has 118 valence electrons. The minimum atomic E-state index is -4.59. The van der Waals surface area contributed by atoms with Crippen molar-refractivity contribution in [3.8, 4) is 16.9 Å². The van der Waals surface area contributed by atoms with Crippen LogP contribution in [-0.4, -0.2) is 7.11 Å². The lowest BCUT2D eigenvalue weighted by Gasteiger charge is -2.14. The van der Waals surface area contributed by atoms with Gasteiger partial charge in [0, 0.05) is 5.56 Å². The highest BCUT2D eigenvalue weighted by atomic mass is 19.4. The molecule has 2 aromatic carbocycles. The highest BCUT2D eigenvalue weighted by molar-refractivity contribution is 5.72. The van der Waals surface area contributed by atoms with E-state index in [0.717, 1.165) is 36.4 Å². The normalized spacial score (nSPS) is 12.3. The van der Waals surface area contributed by atoms with Crippen molar-refractivity contribution in [3.63, 3.8) is 0 Å². The fourth-order valence-corrected chi connectivity index (χ4v) is 1.97. The fraction of sp³-hybridized carbons (Fsp3) is 0.200. The van der Waals surface area contributed by atoms with E-state index in [9.17, 15) is 26.3 Å². The van der Waals surface area contributed by atoms with Crippen molar-refractivity contribution >= 4 is 0 Å². The van der Waals surface area contributed by atoms with Crippen LogP contribution in [0.2, 0.25) is 0 Å². The van der Waals surface area contributed by atoms with Crippen molar-refractivity contribution in [1.29, 1.82) is 0 Å². The van der Waals surface area contributed by atoms with Crippen LogP contribution in [-0.2, 0) is 12.4 Å². The molecule has 7 heteroatoms. The summed E-state index contributed by atoms with van der Waals surface area (Å²) in [6.07, 6.45) is -9.17. The molecule has 0 aromatic heterocycles. The molecule has 0 aliphatic heterocycles. The van der Waals surface area contributed by atoms with E-state index in [2.05, 4.69) is 0 Å². The van der Waals surface area contributed by atoms with Crippen LogP contribution >= 0.6 is 0 Å². The number of benzene rings is 2.